The fourth-order valence-corrected chi connectivity index (χ4v) is 7.91. The predicted octanol–water partition coefficient (Wildman–Crippen LogP) is 4.84. The number of anilines is 1. The number of benzene rings is 1. The van der Waals surface area contributed by atoms with Gasteiger partial charge in [0, 0.05) is 48.5 Å². The van der Waals surface area contributed by atoms with Crippen molar-refractivity contribution in [1.29, 1.82) is 0 Å². The zero-order valence-corrected chi connectivity index (χ0v) is 25.1. The number of fused-ring (bicyclic) bond motifs is 3. The van der Waals surface area contributed by atoms with Crippen molar-refractivity contribution in [2.75, 3.05) is 50.8 Å². The fourth-order valence-electron chi connectivity index (χ4n) is 7.91. The lowest BCUT2D eigenvalue weighted by Crippen LogP contribution is -2.56. The molecule has 7 rings (SSSR count). The maximum absolute atomic E-state index is 16.7. The van der Waals surface area contributed by atoms with E-state index in [0.29, 0.717) is 43.0 Å². The number of pyridine rings is 1. The lowest BCUT2D eigenvalue weighted by atomic mass is 9.87. The number of carbonyl (C=O) groups is 1. The molecule has 44 heavy (non-hydrogen) atoms. The van der Waals surface area contributed by atoms with Crippen LogP contribution in [0, 0.1) is 12.4 Å². The van der Waals surface area contributed by atoms with Crippen LogP contribution in [0.1, 0.15) is 49.7 Å². The number of hydrogen-bond donors (Lipinski definition) is 0. The lowest BCUT2D eigenvalue weighted by Gasteiger charge is -2.39. The van der Waals surface area contributed by atoms with Crippen molar-refractivity contribution in [2.24, 2.45) is 0 Å². The fraction of sp³-hybridized carbons (Fsp3) is 0.500. The molecule has 10 heteroatoms. The van der Waals surface area contributed by atoms with Crippen LogP contribution in [0.2, 0.25) is 0 Å². The summed E-state index contributed by atoms with van der Waals surface area (Å²) in [5.74, 6) is -0.0321. The summed E-state index contributed by atoms with van der Waals surface area (Å²) >= 11 is 0. The second-order valence-corrected chi connectivity index (χ2v) is 12.6. The quantitative estimate of drug-likeness (QED) is 0.286. The first-order chi connectivity index (χ1) is 21.5. The van der Waals surface area contributed by atoms with E-state index >= 15 is 4.39 Å². The van der Waals surface area contributed by atoms with Crippen molar-refractivity contribution in [3.63, 3.8) is 0 Å². The summed E-state index contributed by atoms with van der Waals surface area (Å²) in [6.07, 6.45) is 13.5. The van der Waals surface area contributed by atoms with Crippen molar-refractivity contribution < 1.29 is 13.9 Å². The highest BCUT2D eigenvalue weighted by Crippen LogP contribution is 2.40. The lowest BCUT2D eigenvalue weighted by molar-refractivity contribution is -0.128. The zero-order chi connectivity index (χ0) is 30.3. The van der Waals surface area contributed by atoms with E-state index in [9.17, 15) is 4.79 Å². The number of carbonyl (C=O) groups excluding carboxylic acids is 1. The number of nitrogens with zero attached hydrogens (tertiary/aromatic N) is 7. The number of ether oxygens (including phenoxy) is 1. The molecule has 3 fully saturated rings. The SMILES string of the molecule is [C-]#[N+]C[C@H]1CN(c2nc(OCC34CCCN3CCC4)nc3c(F)c(-c4cncc5c4CCCC5)ccc23)CCN1C(=O)C=C. The van der Waals surface area contributed by atoms with Crippen LogP contribution in [0.25, 0.3) is 26.9 Å². The highest BCUT2D eigenvalue weighted by molar-refractivity contribution is 5.94. The third kappa shape index (κ3) is 4.97. The largest absolute Gasteiger partial charge is 0.461 e. The molecule has 3 aliphatic heterocycles. The molecule has 9 nitrogen and oxygen atoms in total. The van der Waals surface area contributed by atoms with Crippen molar-refractivity contribution in [3.8, 4) is 17.1 Å². The maximum atomic E-state index is 16.7. The molecule has 1 amide bonds. The first-order valence-electron chi connectivity index (χ1n) is 15.9. The van der Waals surface area contributed by atoms with Gasteiger partial charge in [-0.15, -0.1) is 0 Å². The molecule has 5 heterocycles. The Labute approximate surface area is 257 Å². The highest BCUT2D eigenvalue weighted by atomic mass is 19.1. The van der Waals surface area contributed by atoms with Gasteiger partial charge in [-0.3, -0.25) is 14.7 Å². The average Bonchev–Trinajstić information content (AvgIpc) is 3.64. The first-order valence-corrected chi connectivity index (χ1v) is 15.9. The molecule has 228 valence electrons. The van der Waals surface area contributed by atoms with E-state index in [-0.39, 0.29) is 35.6 Å². The molecule has 3 aromatic rings. The molecule has 0 bridgehead atoms. The molecule has 3 saturated heterocycles. The summed E-state index contributed by atoms with van der Waals surface area (Å²) in [5, 5.41) is 0.586. The van der Waals surface area contributed by atoms with E-state index in [1.807, 2.05) is 23.2 Å². The summed E-state index contributed by atoms with van der Waals surface area (Å²) in [7, 11) is 0. The molecule has 0 spiro atoms. The van der Waals surface area contributed by atoms with Gasteiger partial charge in [-0.05, 0) is 87.7 Å². The molecule has 1 aliphatic carbocycles. The van der Waals surface area contributed by atoms with Crippen LogP contribution in [0.3, 0.4) is 0 Å². The minimum atomic E-state index is -0.406. The van der Waals surface area contributed by atoms with Crippen LogP contribution in [-0.4, -0.2) is 88.1 Å². The third-order valence-electron chi connectivity index (χ3n) is 10.1. The maximum Gasteiger partial charge on any atom is 0.319 e. The third-order valence-corrected chi connectivity index (χ3v) is 10.1. The van der Waals surface area contributed by atoms with E-state index in [2.05, 4.69) is 21.3 Å². The van der Waals surface area contributed by atoms with Gasteiger partial charge in [-0.25, -0.2) is 11.0 Å². The number of amides is 1. The Morgan fingerprint density at radius 3 is 2.70 bits per heavy atom. The summed E-state index contributed by atoms with van der Waals surface area (Å²) in [6.45, 7) is 15.2. The van der Waals surface area contributed by atoms with Gasteiger partial charge >= 0.3 is 6.01 Å². The molecule has 0 radical (unpaired) electrons. The minimum Gasteiger partial charge on any atom is -0.461 e. The summed E-state index contributed by atoms with van der Waals surface area (Å²) in [5.41, 5.74) is 3.88. The van der Waals surface area contributed by atoms with Gasteiger partial charge in [0.1, 0.15) is 24.0 Å². The highest BCUT2D eigenvalue weighted by Gasteiger charge is 2.45. The van der Waals surface area contributed by atoms with Crippen molar-refractivity contribution in [3.05, 3.63) is 65.5 Å². The Morgan fingerprint density at radius 1 is 1.09 bits per heavy atom. The van der Waals surface area contributed by atoms with Gasteiger partial charge in [-0.2, -0.15) is 9.97 Å². The number of rotatable bonds is 7. The molecule has 0 N–H and O–H groups in total. The number of aryl methyl sites for hydroxylation is 1. The molecular formula is C34H38FN7O2. The molecule has 1 atom stereocenters. The van der Waals surface area contributed by atoms with E-state index in [1.54, 1.807) is 11.1 Å². The van der Waals surface area contributed by atoms with Crippen molar-refractivity contribution in [1.82, 2.24) is 24.8 Å². The van der Waals surface area contributed by atoms with Crippen LogP contribution in [0.4, 0.5) is 10.2 Å². The van der Waals surface area contributed by atoms with Crippen LogP contribution >= 0.6 is 0 Å². The number of hydrogen-bond acceptors (Lipinski definition) is 7. The Hall–Kier alpha value is -4.10. The normalized spacial score (nSPS) is 21.1. The van der Waals surface area contributed by atoms with Gasteiger partial charge in [0.2, 0.25) is 12.5 Å². The van der Waals surface area contributed by atoms with Gasteiger partial charge in [-0.1, -0.05) is 12.6 Å². The molecule has 0 unspecified atom stereocenters. The minimum absolute atomic E-state index is 0.00888. The standard InChI is InChI=1S/C34H38FN7O2/c1-3-29(43)42-17-16-40(21-24(42)19-36-2)32-27-11-10-26(28-20-37-18-23-8-4-5-9-25(23)28)30(35)31(27)38-33(39-32)44-22-34-12-6-14-41(34)15-7-13-34/h3,10-11,18,20,24H,1,4-9,12-17,19,21-22H2/t24-/m0/s1. The molecule has 1 aromatic carbocycles. The Balaban J connectivity index is 1.30. The summed E-state index contributed by atoms with van der Waals surface area (Å²) in [4.78, 5) is 36.5. The summed E-state index contributed by atoms with van der Waals surface area (Å²) in [6, 6.07) is 3.54. The molecule has 4 aliphatic rings. The molecule has 2 aromatic heterocycles. The average molecular weight is 596 g/mol. The van der Waals surface area contributed by atoms with Crippen molar-refractivity contribution in [2.45, 2.75) is 62.9 Å². The second-order valence-electron chi connectivity index (χ2n) is 12.6. The Kier molecular flexibility index (Phi) is 7.67. The van der Waals surface area contributed by atoms with E-state index in [4.69, 9.17) is 21.3 Å². The summed E-state index contributed by atoms with van der Waals surface area (Å²) < 4.78 is 23.1. The van der Waals surface area contributed by atoms with Gasteiger partial charge in [0.15, 0.2) is 5.82 Å². The van der Waals surface area contributed by atoms with E-state index in [1.165, 1.54) is 17.2 Å². The second kappa shape index (κ2) is 11.8. The van der Waals surface area contributed by atoms with Crippen molar-refractivity contribution >= 4 is 22.6 Å². The zero-order valence-electron chi connectivity index (χ0n) is 25.1. The topological polar surface area (TPSA) is 79.1 Å². The van der Waals surface area contributed by atoms with Crippen LogP contribution < -0.4 is 9.64 Å². The number of halogens is 1. The van der Waals surface area contributed by atoms with E-state index < -0.39 is 5.82 Å². The van der Waals surface area contributed by atoms with Gasteiger partial charge in [0.05, 0.1) is 5.54 Å². The molecular weight excluding hydrogens is 557 g/mol. The Bertz CT molecular complexity index is 1640. The van der Waals surface area contributed by atoms with Gasteiger partial charge in [0.25, 0.3) is 0 Å². The number of aromatic nitrogens is 3. The van der Waals surface area contributed by atoms with E-state index in [0.717, 1.165) is 70.0 Å². The van der Waals surface area contributed by atoms with Crippen LogP contribution in [0.5, 0.6) is 6.01 Å². The monoisotopic (exact) mass is 595 g/mol. The molecule has 0 saturated carbocycles. The van der Waals surface area contributed by atoms with Crippen LogP contribution in [-0.2, 0) is 17.6 Å². The number of piperazine rings is 1. The first kappa shape index (κ1) is 28.7. The predicted molar refractivity (Wildman–Crippen MR) is 167 cm³/mol. The smallest absolute Gasteiger partial charge is 0.319 e. The Morgan fingerprint density at radius 2 is 1.91 bits per heavy atom. The van der Waals surface area contributed by atoms with Gasteiger partial charge < -0.3 is 19.4 Å². The van der Waals surface area contributed by atoms with Crippen LogP contribution in [0.15, 0.2) is 37.2 Å².